The van der Waals surface area contributed by atoms with Crippen molar-refractivity contribution in [1.82, 2.24) is 0 Å². The third kappa shape index (κ3) is 2.84. The standard InChI is InChI=1S/C12H13BrN2O/c1-7(2)3-11(15)9-4-8(6-14)5-10(13)12(9)16/h4-5,11,16H,1,3,15H2,2H3/t11-/m1/s1. The predicted molar refractivity (Wildman–Crippen MR) is 66.9 cm³/mol. The summed E-state index contributed by atoms with van der Waals surface area (Å²) in [5, 5.41) is 18.7. The zero-order valence-electron chi connectivity index (χ0n) is 9.00. The number of hydrogen-bond donors (Lipinski definition) is 2. The van der Waals surface area contributed by atoms with E-state index in [1.807, 2.05) is 13.0 Å². The molecule has 0 aromatic heterocycles. The molecule has 1 aromatic rings. The van der Waals surface area contributed by atoms with E-state index in [4.69, 9.17) is 11.0 Å². The van der Waals surface area contributed by atoms with Gasteiger partial charge in [-0.1, -0.05) is 5.57 Å². The third-order valence-electron chi connectivity index (χ3n) is 2.19. The van der Waals surface area contributed by atoms with Crippen LogP contribution in [0.5, 0.6) is 5.75 Å². The molecule has 0 heterocycles. The minimum atomic E-state index is -0.345. The lowest BCUT2D eigenvalue weighted by Gasteiger charge is -2.14. The van der Waals surface area contributed by atoms with Crippen LogP contribution in [0.1, 0.15) is 30.5 Å². The number of phenolic OH excluding ortho intramolecular Hbond substituents is 1. The van der Waals surface area contributed by atoms with E-state index >= 15 is 0 Å². The van der Waals surface area contributed by atoms with Gasteiger partial charge in [0, 0.05) is 11.6 Å². The van der Waals surface area contributed by atoms with Gasteiger partial charge in [0.15, 0.2) is 0 Å². The first-order chi connectivity index (χ1) is 7.45. The van der Waals surface area contributed by atoms with Gasteiger partial charge in [0.05, 0.1) is 16.1 Å². The first kappa shape index (κ1) is 12.8. The Hall–Kier alpha value is -1.31. The lowest BCUT2D eigenvalue weighted by molar-refractivity contribution is 0.457. The second kappa shape index (κ2) is 5.15. The smallest absolute Gasteiger partial charge is 0.134 e. The number of phenols is 1. The van der Waals surface area contributed by atoms with Crippen molar-refractivity contribution >= 4 is 15.9 Å². The molecule has 0 spiro atoms. The molecular weight excluding hydrogens is 268 g/mol. The molecule has 0 unspecified atom stereocenters. The Morgan fingerprint density at radius 3 is 2.81 bits per heavy atom. The topological polar surface area (TPSA) is 70.0 Å². The second-order valence-electron chi connectivity index (χ2n) is 3.78. The Morgan fingerprint density at radius 1 is 1.69 bits per heavy atom. The predicted octanol–water partition coefficient (Wildman–Crippen LogP) is 2.99. The maximum Gasteiger partial charge on any atom is 0.134 e. The average Bonchev–Trinajstić information content (AvgIpc) is 2.20. The molecule has 1 atom stereocenters. The molecule has 3 nitrogen and oxygen atoms in total. The number of halogens is 1. The molecule has 0 fully saturated rings. The number of hydrogen-bond acceptors (Lipinski definition) is 3. The summed E-state index contributed by atoms with van der Waals surface area (Å²) in [6.07, 6.45) is 0.578. The van der Waals surface area contributed by atoms with Crippen molar-refractivity contribution in [3.63, 3.8) is 0 Å². The van der Waals surface area contributed by atoms with E-state index < -0.39 is 0 Å². The Morgan fingerprint density at radius 2 is 2.31 bits per heavy atom. The molecule has 1 aromatic carbocycles. The fraction of sp³-hybridized carbons (Fsp3) is 0.250. The first-order valence-corrected chi connectivity index (χ1v) is 5.57. The molecule has 0 saturated heterocycles. The SMILES string of the molecule is C=C(C)C[C@@H](N)c1cc(C#N)cc(Br)c1O. The van der Waals surface area contributed by atoms with E-state index in [9.17, 15) is 5.11 Å². The summed E-state index contributed by atoms with van der Waals surface area (Å²) in [7, 11) is 0. The largest absolute Gasteiger partial charge is 0.506 e. The van der Waals surface area contributed by atoms with Crippen molar-refractivity contribution in [3.8, 4) is 11.8 Å². The van der Waals surface area contributed by atoms with Crippen LogP contribution in [0.3, 0.4) is 0 Å². The van der Waals surface area contributed by atoms with Crippen molar-refractivity contribution in [2.75, 3.05) is 0 Å². The quantitative estimate of drug-likeness (QED) is 0.837. The molecule has 1 rings (SSSR count). The van der Waals surface area contributed by atoms with Gasteiger partial charge in [-0.05, 0) is 41.4 Å². The summed E-state index contributed by atoms with van der Waals surface area (Å²) in [4.78, 5) is 0. The third-order valence-corrected chi connectivity index (χ3v) is 2.79. The Balaban J connectivity index is 3.17. The molecule has 0 amide bonds. The van der Waals surface area contributed by atoms with Crippen LogP contribution in [0, 0.1) is 11.3 Å². The summed E-state index contributed by atoms with van der Waals surface area (Å²) in [6, 6.07) is 4.85. The Kier molecular flexibility index (Phi) is 4.11. The highest BCUT2D eigenvalue weighted by Crippen LogP contribution is 2.34. The summed E-state index contributed by atoms with van der Waals surface area (Å²) in [5.74, 6) is 0.0905. The fourth-order valence-electron chi connectivity index (χ4n) is 1.45. The first-order valence-electron chi connectivity index (χ1n) is 4.78. The van der Waals surface area contributed by atoms with E-state index in [2.05, 4.69) is 22.5 Å². The van der Waals surface area contributed by atoms with Gasteiger partial charge in [-0.15, -0.1) is 6.58 Å². The molecule has 84 valence electrons. The molecular formula is C12H13BrN2O. The monoisotopic (exact) mass is 280 g/mol. The van der Waals surface area contributed by atoms with E-state index in [1.54, 1.807) is 12.1 Å². The maximum atomic E-state index is 9.83. The molecule has 0 saturated carbocycles. The van der Waals surface area contributed by atoms with Gasteiger partial charge in [0.25, 0.3) is 0 Å². The summed E-state index contributed by atoms with van der Waals surface area (Å²) < 4.78 is 0.485. The van der Waals surface area contributed by atoms with Gasteiger partial charge in [0.2, 0.25) is 0 Å². The van der Waals surface area contributed by atoms with Gasteiger partial charge in [-0.25, -0.2) is 0 Å². The zero-order chi connectivity index (χ0) is 12.3. The van der Waals surface area contributed by atoms with Gasteiger partial charge in [0.1, 0.15) is 5.75 Å². The van der Waals surface area contributed by atoms with Crippen LogP contribution in [0.2, 0.25) is 0 Å². The van der Waals surface area contributed by atoms with Crippen LogP contribution >= 0.6 is 15.9 Å². The summed E-state index contributed by atoms with van der Waals surface area (Å²) in [5.41, 5.74) is 7.91. The van der Waals surface area contributed by atoms with Gasteiger partial charge in [-0.3, -0.25) is 0 Å². The molecule has 0 aliphatic rings. The fourth-order valence-corrected chi connectivity index (χ4v) is 1.93. The van der Waals surface area contributed by atoms with Gasteiger partial charge < -0.3 is 10.8 Å². The average molecular weight is 281 g/mol. The molecule has 3 N–H and O–H groups in total. The van der Waals surface area contributed by atoms with Crippen molar-refractivity contribution in [2.24, 2.45) is 5.73 Å². The summed E-state index contributed by atoms with van der Waals surface area (Å²) in [6.45, 7) is 5.65. The molecule has 16 heavy (non-hydrogen) atoms. The number of nitriles is 1. The molecule has 0 bridgehead atoms. The van der Waals surface area contributed by atoms with Crippen LogP contribution in [0.15, 0.2) is 28.8 Å². The van der Waals surface area contributed by atoms with Gasteiger partial charge >= 0.3 is 0 Å². The molecule has 0 radical (unpaired) electrons. The number of benzene rings is 1. The zero-order valence-corrected chi connectivity index (χ0v) is 10.6. The molecule has 4 heteroatoms. The van der Waals surface area contributed by atoms with Crippen LogP contribution in [-0.4, -0.2) is 5.11 Å². The Bertz CT molecular complexity index is 463. The normalized spacial score (nSPS) is 11.9. The second-order valence-corrected chi connectivity index (χ2v) is 4.63. The Labute approximate surface area is 103 Å². The highest BCUT2D eigenvalue weighted by Gasteiger charge is 2.14. The number of rotatable bonds is 3. The molecule has 0 aliphatic carbocycles. The van der Waals surface area contributed by atoms with Crippen LogP contribution in [-0.2, 0) is 0 Å². The highest BCUT2D eigenvalue weighted by molar-refractivity contribution is 9.10. The van der Waals surface area contributed by atoms with E-state index in [1.165, 1.54) is 0 Å². The van der Waals surface area contributed by atoms with E-state index in [0.29, 0.717) is 22.0 Å². The maximum absolute atomic E-state index is 9.83. The van der Waals surface area contributed by atoms with Gasteiger partial charge in [-0.2, -0.15) is 5.26 Å². The van der Waals surface area contributed by atoms with Crippen molar-refractivity contribution in [2.45, 2.75) is 19.4 Å². The number of aromatic hydroxyl groups is 1. The number of nitrogens with two attached hydrogens (primary N) is 1. The lowest BCUT2D eigenvalue weighted by Crippen LogP contribution is -2.11. The van der Waals surface area contributed by atoms with Crippen LogP contribution in [0.4, 0.5) is 0 Å². The van der Waals surface area contributed by atoms with Crippen LogP contribution in [0.25, 0.3) is 0 Å². The summed E-state index contributed by atoms with van der Waals surface area (Å²) >= 11 is 3.19. The lowest BCUT2D eigenvalue weighted by atomic mass is 9.98. The number of nitrogens with zero attached hydrogens (tertiary/aromatic N) is 1. The van der Waals surface area contributed by atoms with E-state index in [-0.39, 0.29) is 11.8 Å². The molecule has 0 aliphatic heterocycles. The van der Waals surface area contributed by atoms with Crippen LogP contribution < -0.4 is 5.73 Å². The van der Waals surface area contributed by atoms with Crippen molar-refractivity contribution < 1.29 is 5.11 Å². The van der Waals surface area contributed by atoms with Crippen molar-refractivity contribution in [1.29, 1.82) is 5.26 Å². The highest BCUT2D eigenvalue weighted by atomic mass is 79.9. The van der Waals surface area contributed by atoms with E-state index in [0.717, 1.165) is 5.57 Å². The van der Waals surface area contributed by atoms with Crippen molar-refractivity contribution in [3.05, 3.63) is 39.9 Å². The minimum Gasteiger partial charge on any atom is -0.506 e. The minimum absolute atomic E-state index is 0.0905.